The van der Waals surface area contributed by atoms with Gasteiger partial charge in [-0.15, -0.1) is 11.3 Å². The Hall–Kier alpha value is -1.35. The molecule has 0 spiro atoms. The highest BCUT2D eigenvalue weighted by Crippen LogP contribution is 2.17. The van der Waals surface area contributed by atoms with Crippen molar-refractivity contribution in [1.29, 1.82) is 0 Å². The molecule has 1 amide bonds. The van der Waals surface area contributed by atoms with E-state index in [1.165, 1.54) is 0 Å². The second-order valence-electron chi connectivity index (χ2n) is 4.69. The molecule has 1 aromatic heterocycles. The molecule has 0 saturated carbocycles. The number of rotatable bonds is 4. The largest absolute Gasteiger partial charge is 0.384 e. The first-order valence-electron chi connectivity index (χ1n) is 6.84. The molecule has 2 rings (SSSR count). The van der Waals surface area contributed by atoms with Gasteiger partial charge in [0, 0.05) is 17.0 Å². The van der Waals surface area contributed by atoms with E-state index >= 15 is 0 Å². The zero-order valence-electron chi connectivity index (χ0n) is 11.4. The minimum atomic E-state index is -0.152. The van der Waals surface area contributed by atoms with Crippen LogP contribution in [0.1, 0.15) is 36.1 Å². The maximum absolute atomic E-state index is 11.9. The van der Waals surface area contributed by atoms with Gasteiger partial charge in [-0.2, -0.15) is 0 Å². The summed E-state index contributed by atoms with van der Waals surface area (Å²) >= 11 is 1.56. The maximum atomic E-state index is 11.9. The first-order valence-corrected chi connectivity index (χ1v) is 7.72. The minimum absolute atomic E-state index is 0.0198. The van der Waals surface area contributed by atoms with E-state index in [0.717, 1.165) is 36.3 Å². The highest BCUT2D eigenvalue weighted by atomic mass is 32.1. The van der Waals surface area contributed by atoms with Gasteiger partial charge < -0.3 is 15.2 Å². The van der Waals surface area contributed by atoms with E-state index in [1.54, 1.807) is 11.3 Å². The van der Waals surface area contributed by atoms with Crippen LogP contribution in [-0.2, 0) is 16.1 Å². The van der Waals surface area contributed by atoms with Crippen molar-refractivity contribution in [3.05, 3.63) is 21.9 Å². The fourth-order valence-electron chi connectivity index (χ4n) is 2.15. The summed E-state index contributed by atoms with van der Waals surface area (Å²) in [5, 5.41) is 13.6. The topological polar surface area (TPSA) is 58.6 Å². The predicted octanol–water partition coefficient (Wildman–Crippen LogP) is 1.67. The summed E-state index contributed by atoms with van der Waals surface area (Å²) in [5.74, 6) is 5.53. The van der Waals surface area contributed by atoms with Crippen LogP contribution in [-0.4, -0.2) is 30.3 Å². The Morgan fingerprint density at radius 3 is 3.20 bits per heavy atom. The lowest BCUT2D eigenvalue weighted by molar-refractivity contribution is -0.125. The van der Waals surface area contributed by atoms with Gasteiger partial charge in [-0.25, -0.2) is 0 Å². The van der Waals surface area contributed by atoms with Gasteiger partial charge in [0.2, 0.25) is 5.91 Å². The van der Waals surface area contributed by atoms with E-state index in [4.69, 9.17) is 9.84 Å². The summed E-state index contributed by atoms with van der Waals surface area (Å²) in [6, 6.07) is 1.90. The molecule has 1 aliphatic heterocycles. The zero-order valence-corrected chi connectivity index (χ0v) is 12.2. The second-order valence-corrected chi connectivity index (χ2v) is 5.69. The molecule has 5 heteroatoms. The number of carbonyl (C=O) groups is 1. The average molecular weight is 293 g/mol. The quantitative estimate of drug-likeness (QED) is 0.830. The maximum Gasteiger partial charge on any atom is 0.222 e. The number of hydrogen-bond acceptors (Lipinski definition) is 4. The Kier molecular flexibility index (Phi) is 6.06. The molecule has 0 bridgehead atoms. The van der Waals surface area contributed by atoms with E-state index in [0.29, 0.717) is 13.0 Å². The molecule has 1 aromatic rings. The SMILES string of the molecule is O=C(CC1CCCCO1)NCc1sccc1C#CCO. The molecular formula is C15H19NO3S. The summed E-state index contributed by atoms with van der Waals surface area (Å²) < 4.78 is 5.55. The highest BCUT2D eigenvalue weighted by molar-refractivity contribution is 7.10. The van der Waals surface area contributed by atoms with Crippen molar-refractivity contribution >= 4 is 17.2 Å². The number of nitrogens with one attached hydrogen (secondary N) is 1. The van der Waals surface area contributed by atoms with Crippen molar-refractivity contribution in [2.45, 2.75) is 38.3 Å². The van der Waals surface area contributed by atoms with Crippen molar-refractivity contribution in [3.8, 4) is 11.8 Å². The van der Waals surface area contributed by atoms with Gasteiger partial charge in [-0.3, -0.25) is 4.79 Å². The van der Waals surface area contributed by atoms with Crippen LogP contribution < -0.4 is 5.32 Å². The molecule has 1 fully saturated rings. The van der Waals surface area contributed by atoms with Gasteiger partial charge >= 0.3 is 0 Å². The number of carbonyl (C=O) groups excluding carboxylic acids is 1. The number of amides is 1. The third-order valence-corrected chi connectivity index (χ3v) is 4.10. The first-order chi connectivity index (χ1) is 9.79. The predicted molar refractivity (Wildman–Crippen MR) is 78.3 cm³/mol. The van der Waals surface area contributed by atoms with Crippen LogP contribution in [0.15, 0.2) is 11.4 Å². The van der Waals surface area contributed by atoms with Gasteiger partial charge in [0.25, 0.3) is 0 Å². The zero-order chi connectivity index (χ0) is 14.2. The summed E-state index contributed by atoms with van der Waals surface area (Å²) in [6.45, 7) is 1.10. The fourth-order valence-corrected chi connectivity index (χ4v) is 2.92. The lowest BCUT2D eigenvalue weighted by Crippen LogP contribution is -2.30. The average Bonchev–Trinajstić information content (AvgIpc) is 2.91. The highest BCUT2D eigenvalue weighted by Gasteiger charge is 2.17. The lowest BCUT2D eigenvalue weighted by Gasteiger charge is -2.21. The van der Waals surface area contributed by atoms with Gasteiger partial charge in [-0.05, 0) is 30.7 Å². The molecule has 1 atom stereocenters. The van der Waals surface area contributed by atoms with Crippen LogP contribution in [0.2, 0.25) is 0 Å². The van der Waals surface area contributed by atoms with Crippen LogP contribution in [0.25, 0.3) is 0 Å². The van der Waals surface area contributed by atoms with Gasteiger partial charge in [0.15, 0.2) is 0 Å². The first kappa shape index (κ1) is 15.0. The van der Waals surface area contributed by atoms with Crippen LogP contribution in [0.5, 0.6) is 0 Å². The number of hydrogen-bond donors (Lipinski definition) is 2. The lowest BCUT2D eigenvalue weighted by atomic mass is 10.1. The van der Waals surface area contributed by atoms with Crippen LogP contribution >= 0.6 is 11.3 Å². The number of aliphatic hydroxyl groups is 1. The molecule has 2 heterocycles. The van der Waals surface area contributed by atoms with Gasteiger partial charge in [0.05, 0.1) is 19.1 Å². The molecule has 0 radical (unpaired) electrons. The van der Waals surface area contributed by atoms with Gasteiger partial charge in [0.1, 0.15) is 6.61 Å². The molecule has 4 nitrogen and oxygen atoms in total. The summed E-state index contributed by atoms with van der Waals surface area (Å²) in [6.07, 6.45) is 3.72. The van der Waals surface area contributed by atoms with E-state index < -0.39 is 0 Å². The Morgan fingerprint density at radius 1 is 1.55 bits per heavy atom. The van der Waals surface area contributed by atoms with Crippen molar-refractivity contribution in [1.82, 2.24) is 5.32 Å². The molecule has 1 aliphatic rings. The second kappa shape index (κ2) is 8.05. The van der Waals surface area contributed by atoms with Crippen LogP contribution in [0.4, 0.5) is 0 Å². The monoisotopic (exact) mass is 293 g/mol. The molecule has 0 aromatic carbocycles. The smallest absolute Gasteiger partial charge is 0.222 e. The van der Waals surface area contributed by atoms with Gasteiger partial charge in [-0.1, -0.05) is 11.8 Å². The normalized spacial score (nSPS) is 18.1. The number of ether oxygens (including phenoxy) is 1. The Balaban J connectivity index is 1.79. The molecule has 108 valence electrons. The van der Waals surface area contributed by atoms with E-state index in [2.05, 4.69) is 17.2 Å². The molecule has 1 saturated heterocycles. The summed E-state index contributed by atoms with van der Waals surface area (Å²) in [5.41, 5.74) is 0.873. The summed E-state index contributed by atoms with van der Waals surface area (Å²) in [7, 11) is 0. The minimum Gasteiger partial charge on any atom is -0.384 e. The van der Waals surface area contributed by atoms with Crippen LogP contribution in [0.3, 0.4) is 0 Å². The van der Waals surface area contributed by atoms with E-state index in [1.807, 2.05) is 11.4 Å². The Labute approximate surface area is 123 Å². The standard InChI is InChI=1S/C15H19NO3S/c17-7-3-4-12-6-9-20-14(12)11-16-15(18)10-13-5-1-2-8-19-13/h6,9,13,17H,1-2,5,7-8,10-11H2,(H,16,18). The molecule has 2 N–H and O–H groups in total. The molecular weight excluding hydrogens is 274 g/mol. The summed E-state index contributed by atoms with van der Waals surface area (Å²) in [4.78, 5) is 12.9. The Morgan fingerprint density at radius 2 is 2.45 bits per heavy atom. The third kappa shape index (κ3) is 4.64. The third-order valence-electron chi connectivity index (χ3n) is 3.18. The van der Waals surface area contributed by atoms with Crippen molar-refractivity contribution < 1.29 is 14.6 Å². The van der Waals surface area contributed by atoms with E-state index in [-0.39, 0.29) is 18.6 Å². The molecule has 20 heavy (non-hydrogen) atoms. The van der Waals surface area contributed by atoms with Crippen molar-refractivity contribution in [2.75, 3.05) is 13.2 Å². The molecule has 0 aliphatic carbocycles. The van der Waals surface area contributed by atoms with Crippen molar-refractivity contribution in [2.24, 2.45) is 0 Å². The Bertz CT molecular complexity index is 495. The van der Waals surface area contributed by atoms with E-state index in [9.17, 15) is 4.79 Å². The number of thiophene rings is 1. The molecule has 1 unspecified atom stereocenters. The van der Waals surface area contributed by atoms with Crippen molar-refractivity contribution in [3.63, 3.8) is 0 Å². The van der Waals surface area contributed by atoms with Crippen LogP contribution in [0, 0.1) is 11.8 Å². The fraction of sp³-hybridized carbons (Fsp3) is 0.533. The number of aliphatic hydroxyl groups excluding tert-OH is 1.